The third-order valence-electron chi connectivity index (χ3n) is 2.68. The van der Waals surface area contributed by atoms with E-state index in [4.69, 9.17) is 0 Å². The third kappa shape index (κ3) is 3.78. The Morgan fingerprint density at radius 1 is 1.10 bits per heavy atom. The maximum absolute atomic E-state index is 13.6. The highest BCUT2D eigenvalue weighted by atomic mass is 19.1. The number of hydrogen-bond acceptors (Lipinski definition) is 2. The fourth-order valence-electron chi connectivity index (χ4n) is 1.74. The molecule has 3 nitrogen and oxygen atoms in total. The first kappa shape index (κ1) is 14.0. The SMILES string of the molecule is CC(=O)Nc1ccc(F)c(NCc2ccc(F)cc2)c1. The average Bonchev–Trinajstić information content (AvgIpc) is 2.40. The van der Waals surface area contributed by atoms with E-state index in [1.165, 1.54) is 37.3 Å². The van der Waals surface area contributed by atoms with Gasteiger partial charge >= 0.3 is 0 Å². The average molecular weight is 276 g/mol. The summed E-state index contributed by atoms with van der Waals surface area (Å²) < 4.78 is 26.4. The second kappa shape index (κ2) is 6.14. The van der Waals surface area contributed by atoms with Crippen molar-refractivity contribution in [1.82, 2.24) is 0 Å². The summed E-state index contributed by atoms with van der Waals surface area (Å²) in [4.78, 5) is 11.0. The summed E-state index contributed by atoms with van der Waals surface area (Å²) in [5.41, 5.74) is 1.62. The zero-order chi connectivity index (χ0) is 14.5. The van der Waals surface area contributed by atoms with Crippen LogP contribution in [0.5, 0.6) is 0 Å². The van der Waals surface area contributed by atoms with Crippen LogP contribution in [0.1, 0.15) is 12.5 Å². The molecule has 1 amide bonds. The predicted molar refractivity (Wildman–Crippen MR) is 74.4 cm³/mol. The van der Waals surface area contributed by atoms with E-state index in [1.807, 2.05) is 0 Å². The molecule has 20 heavy (non-hydrogen) atoms. The van der Waals surface area contributed by atoms with Crippen LogP contribution in [0.25, 0.3) is 0 Å². The fourth-order valence-corrected chi connectivity index (χ4v) is 1.74. The van der Waals surface area contributed by atoms with Gasteiger partial charge in [0.25, 0.3) is 0 Å². The van der Waals surface area contributed by atoms with E-state index in [2.05, 4.69) is 10.6 Å². The Balaban J connectivity index is 2.08. The van der Waals surface area contributed by atoms with Crippen molar-refractivity contribution in [2.75, 3.05) is 10.6 Å². The molecule has 5 heteroatoms. The number of rotatable bonds is 4. The second-order valence-electron chi connectivity index (χ2n) is 4.36. The zero-order valence-corrected chi connectivity index (χ0v) is 10.9. The van der Waals surface area contributed by atoms with Gasteiger partial charge in [-0.2, -0.15) is 0 Å². The van der Waals surface area contributed by atoms with E-state index in [9.17, 15) is 13.6 Å². The predicted octanol–water partition coefficient (Wildman–Crippen LogP) is 3.54. The highest BCUT2D eigenvalue weighted by Crippen LogP contribution is 2.20. The topological polar surface area (TPSA) is 41.1 Å². The molecule has 2 rings (SSSR count). The Morgan fingerprint density at radius 2 is 1.80 bits per heavy atom. The van der Waals surface area contributed by atoms with Crippen molar-refractivity contribution >= 4 is 17.3 Å². The summed E-state index contributed by atoms with van der Waals surface area (Å²) in [6.45, 7) is 1.75. The minimum atomic E-state index is -0.416. The smallest absolute Gasteiger partial charge is 0.221 e. The van der Waals surface area contributed by atoms with E-state index >= 15 is 0 Å². The van der Waals surface area contributed by atoms with Crippen molar-refractivity contribution in [2.45, 2.75) is 13.5 Å². The molecule has 0 bridgehead atoms. The number of nitrogens with one attached hydrogen (secondary N) is 2. The quantitative estimate of drug-likeness (QED) is 0.896. The maximum Gasteiger partial charge on any atom is 0.221 e. The number of anilines is 2. The number of carbonyl (C=O) groups is 1. The van der Waals surface area contributed by atoms with Crippen LogP contribution >= 0.6 is 0 Å². The minimum Gasteiger partial charge on any atom is -0.379 e. The summed E-state index contributed by atoms with van der Waals surface area (Å²) in [6.07, 6.45) is 0. The van der Waals surface area contributed by atoms with Gasteiger partial charge in [0.2, 0.25) is 5.91 Å². The summed E-state index contributed by atoms with van der Waals surface area (Å²) >= 11 is 0. The molecule has 0 heterocycles. The van der Waals surface area contributed by atoms with Crippen LogP contribution in [0, 0.1) is 11.6 Å². The summed E-state index contributed by atoms with van der Waals surface area (Å²) in [5, 5.41) is 5.50. The van der Waals surface area contributed by atoms with Gasteiger partial charge in [-0.3, -0.25) is 4.79 Å². The zero-order valence-electron chi connectivity index (χ0n) is 10.9. The van der Waals surface area contributed by atoms with Gasteiger partial charge in [-0.15, -0.1) is 0 Å². The standard InChI is InChI=1S/C15H14F2N2O/c1-10(20)19-13-6-7-14(17)15(8-13)18-9-11-2-4-12(16)5-3-11/h2-8,18H,9H2,1H3,(H,19,20). The van der Waals surface area contributed by atoms with Gasteiger partial charge in [0.05, 0.1) is 5.69 Å². The molecule has 2 aromatic carbocycles. The molecule has 2 aromatic rings. The van der Waals surface area contributed by atoms with E-state index in [0.717, 1.165) is 5.56 Å². The first-order valence-corrected chi connectivity index (χ1v) is 6.10. The normalized spacial score (nSPS) is 10.2. The number of carbonyl (C=O) groups excluding carboxylic acids is 1. The molecule has 0 radical (unpaired) electrons. The number of halogens is 2. The monoisotopic (exact) mass is 276 g/mol. The van der Waals surface area contributed by atoms with Gasteiger partial charge in [0.15, 0.2) is 0 Å². The largest absolute Gasteiger partial charge is 0.379 e. The first-order valence-electron chi connectivity index (χ1n) is 6.10. The van der Waals surface area contributed by atoms with Gasteiger partial charge in [0.1, 0.15) is 11.6 Å². The molecule has 104 valence electrons. The lowest BCUT2D eigenvalue weighted by Gasteiger charge is -2.10. The third-order valence-corrected chi connectivity index (χ3v) is 2.68. The molecular weight excluding hydrogens is 262 g/mol. The van der Waals surface area contributed by atoms with Crippen LogP contribution in [-0.2, 0) is 11.3 Å². The molecular formula is C15H14F2N2O. The second-order valence-corrected chi connectivity index (χ2v) is 4.36. The minimum absolute atomic E-state index is 0.221. The lowest BCUT2D eigenvalue weighted by Crippen LogP contribution is -2.07. The lowest BCUT2D eigenvalue weighted by atomic mass is 10.2. The summed E-state index contributed by atoms with van der Waals surface area (Å²) in [7, 11) is 0. The number of hydrogen-bond donors (Lipinski definition) is 2. The molecule has 2 N–H and O–H groups in total. The van der Waals surface area contributed by atoms with Gasteiger partial charge in [-0.25, -0.2) is 8.78 Å². The van der Waals surface area contributed by atoms with E-state index < -0.39 is 5.82 Å². The number of benzene rings is 2. The highest BCUT2D eigenvalue weighted by molar-refractivity contribution is 5.89. The Kier molecular flexibility index (Phi) is 4.30. The molecule has 0 aromatic heterocycles. The maximum atomic E-state index is 13.6. The van der Waals surface area contributed by atoms with Crippen LogP contribution in [0.2, 0.25) is 0 Å². The molecule has 0 unspecified atom stereocenters. The molecule has 0 aliphatic carbocycles. The van der Waals surface area contributed by atoms with E-state index in [1.54, 1.807) is 12.1 Å². The van der Waals surface area contributed by atoms with Crippen molar-refractivity contribution in [1.29, 1.82) is 0 Å². The van der Waals surface area contributed by atoms with Gasteiger partial charge in [-0.05, 0) is 35.9 Å². The summed E-state index contributed by atoms with van der Waals surface area (Å²) in [6, 6.07) is 10.2. The van der Waals surface area contributed by atoms with Crippen LogP contribution in [0.15, 0.2) is 42.5 Å². The van der Waals surface area contributed by atoms with Crippen molar-refractivity contribution in [3.63, 3.8) is 0 Å². The molecule has 0 aliphatic rings. The molecule has 0 atom stereocenters. The first-order chi connectivity index (χ1) is 9.54. The van der Waals surface area contributed by atoms with E-state index in [0.29, 0.717) is 12.2 Å². The Morgan fingerprint density at radius 3 is 2.45 bits per heavy atom. The molecule has 0 saturated carbocycles. The van der Waals surface area contributed by atoms with Crippen LogP contribution < -0.4 is 10.6 Å². The van der Waals surface area contributed by atoms with Crippen molar-refractivity contribution in [3.8, 4) is 0 Å². The Hall–Kier alpha value is -2.43. The lowest BCUT2D eigenvalue weighted by molar-refractivity contribution is -0.114. The Labute approximate surface area is 115 Å². The van der Waals surface area contributed by atoms with Crippen LogP contribution in [-0.4, -0.2) is 5.91 Å². The van der Waals surface area contributed by atoms with Crippen molar-refractivity contribution in [2.24, 2.45) is 0 Å². The van der Waals surface area contributed by atoms with Gasteiger partial charge in [0, 0.05) is 19.2 Å². The van der Waals surface area contributed by atoms with E-state index in [-0.39, 0.29) is 17.4 Å². The molecule has 0 aliphatic heterocycles. The Bertz CT molecular complexity index is 612. The van der Waals surface area contributed by atoms with Gasteiger partial charge in [-0.1, -0.05) is 12.1 Å². The number of amides is 1. The van der Waals surface area contributed by atoms with Crippen molar-refractivity contribution < 1.29 is 13.6 Å². The van der Waals surface area contributed by atoms with Crippen LogP contribution in [0.3, 0.4) is 0 Å². The molecule has 0 spiro atoms. The van der Waals surface area contributed by atoms with Crippen LogP contribution in [0.4, 0.5) is 20.2 Å². The summed E-state index contributed by atoms with van der Waals surface area (Å²) in [5.74, 6) is -0.949. The highest BCUT2D eigenvalue weighted by Gasteiger charge is 2.04. The van der Waals surface area contributed by atoms with Gasteiger partial charge < -0.3 is 10.6 Å². The van der Waals surface area contributed by atoms with Crippen molar-refractivity contribution in [3.05, 3.63) is 59.7 Å². The fraction of sp³-hybridized carbons (Fsp3) is 0.133. The molecule has 0 saturated heterocycles. The molecule has 0 fully saturated rings.